The van der Waals surface area contributed by atoms with E-state index in [0.717, 1.165) is 5.56 Å². The van der Waals surface area contributed by atoms with Crippen molar-refractivity contribution < 1.29 is 14.3 Å². The van der Waals surface area contributed by atoms with Crippen LogP contribution in [0.1, 0.15) is 12.5 Å². The van der Waals surface area contributed by atoms with E-state index < -0.39 is 6.03 Å². The van der Waals surface area contributed by atoms with Gasteiger partial charge in [-0.2, -0.15) is 5.10 Å². The second kappa shape index (κ2) is 8.67. The number of aromatic nitrogens is 3. The van der Waals surface area contributed by atoms with Crippen LogP contribution < -0.4 is 20.7 Å². The number of hydrogen-bond donors (Lipinski definition) is 3. The third-order valence-corrected chi connectivity index (χ3v) is 3.80. The molecule has 2 heterocycles. The lowest BCUT2D eigenvalue weighted by molar-refractivity contribution is -0.114. The van der Waals surface area contributed by atoms with Crippen LogP contribution in [0.5, 0.6) is 5.75 Å². The van der Waals surface area contributed by atoms with Gasteiger partial charge in [-0.25, -0.2) is 14.5 Å². The molecule has 3 N–H and O–H groups in total. The molecule has 0 aliphatic rings. The van der Waals surface area contributed by atoms with E-state index in [9.17, 15) is 9.59 Å². The summed E-state index contributed by atoms with van der Waals surface area (Å²) in [6.07, 6.45) is 5.11. The Hall–Kier alpha value is -3.88. The number of nitrogens with one attached hydrogen (secondary N) is 3. The van der Waals surface area contributed by atoms with E-state index in [4.69, 9.17) is 4.74 Å². The van der Waals surface area contributed by atoms with Gasteiger partial charge in [0.2, 0.25) is 5.91 Å². The van der Waals surface area contributed by atoms with Gasteiger partial charge in [-0.1, -0.05) is 6.07 Å². The van der Waals surface area contributed by atoms with E-state index >= 15 is 0 Å². The highest BCUT2D eigenvalue weighted by atomic mass is 16.5. The fraction of sp³-hybridized carbons (Fsp3) is 0.158. The van der Waals surface area contributed by atoms with Crippen molar-refractivity contribution in [2.45, 2.75) is 13.5 Å². The van der Waals surface area contributed by atoms with E-state index in [2.05, 4.69) is 26.0 Å². The molecule has 0 aliphatic carbocycles. The molecular formula is C19H20N6O3. The second-order valence-corrected chi connectivity index (χ2v) is 5.84. The first-order valence-electron chi connectivity index (χ1n) is 8.51. The van der Waals surface area contributed by atoms with Gasteiger partial charge in [0.15, 0.2) is 5.82 Å². The molecule has 0 spiro atoms. The highest BCUT2D eigenvalue weighted by Crippen LogP contribution is 2.27. The van der Waals surface area contributed by atoms with Crippen LogP contribution in [0.4, 0.5) is 16.2 Å². The summed E-state index contributed by atoms with van der Waals surface area (Å²) in [5.74, 6) is 0.907. The van der Waals surface area contributed by atoms with E-state index in [-0.39, 0.29) is 12.5 Å². The van der Waals surface area contributed by atoms with Crippen LogP contribution >= 0.6 is 0 Å². The van der Waals surface area contributed by atoms with Crippen LogP contribution in [0.25, 0.3) is 5.82 Å². The van der Waals surface area contributed by atoms with Crippen molar-refractivity contribution >= 4 is 23.3 Å². The molecule has 0 atom stereocenters. The maximum atomic E-state index is 12.4. The molecule has 3 rings (SSSR count). The molecule has 0 fully saturated rings. The Morgan fingerprint density at radius 3 is 2.71 bits per heavy atom. The molecule has 3 aromatic rings. The average Bonchev–Trinajstić information content (AvgIpc) is 3.21. The van der Waals surface area contributed by atoms with Crippen molar-refractivity contribution in [1.29, 1.82) is 0 Å². The molecule has 0 unspecified atom stereocenters. The first-order chi connectivity index (χ1) is 13.6. The Kier molecular flexibility index (Phi) is 5.85. The minimum atomic E-state index is -0.423. The number of nitrogens with zero attached hydrogens (tertiary/aromatic N) is 3. The molecule has 28 heavy (non-hydrogen) atoms. The molecule has 0 saturated heterocycles. The summed E-state index contributed by atoms with van der Waals surface area (Å²) >= 11 is 0. The van der Waals surface area contributed by atoms with Gasteiger partial charge in [0, 0.05) is 43.3 Å². The van der Waals surface area contributed by atoms with Crippen LogP contribution in [-0.4, -0.2) is 33.8 Å². The predicted molar refractivity (Wildman–Crippen MR) is 105 cm³/mol. The summed E-state index contributed by atoms with van der Waals surface area (Å²) in [5.41, 5.74) is 1.79. The smallest absolute Gasteiger partial charge is 0.319 e. The number of methoxy groups -OCH3 is 1. The van der Waals surface area contributed by atoms with Gasteiger partial charge in [-0.15, -0.1) is 0 Å². The van der Waals surface area contributed by atoms with E-state index in [0.29, 0.717) is 22.9 Å². The highest BCUT2D eigenvalue weighted by molar-refractivity contribution is 5.94. The Balaban J connectivity index is 1.69. The first-order valence-corrected chi connectivity index (χ1v) is 8.51. The summed E-state index contributed by atoms with van der Waals surface area (Å²) in [4.78, 5) is 27.9. The quantitative estimate of drug-likeness (QED) is 0.609. The lowest BCUT2D eigenvalue weighted by Crippen LogP contribution is -2.29. The topological polar surface area (TPSA) is 110 Å². The number of benzene rings is 1. The van der Waals surface area contributed by atoms with Crippen LogP contribution in [0, 0.1) is 0 Å². The zero-order chi connectivity index (χ0) is 19.9. The molecule has 0 saturated carbocycles. The lowest BCUT2D eigenvalue weighted by atomic mass is 10.2. The molecule has 1 aromatic carbocycles. The summed E-state index contributed by atoms with van der Waals surface area (Å²) in [7, 11) is 1.50. The van der Waals surface area contributed by atoms with Crippen molar-refractivity contribution in [2.75, 3.05) is 17.7 Å². The Morgan fingerprint density at radius 1 is 1.14 bits per heavy atom. The number of anilines is 2. The Bertz CT molecular complexity index is 972. The van der Waals surface area contributed by atoms with Crippen molar-refractivity contribution in [3.63, 3.8) is 0 Å². The lowest BCUT2D eigenvalue weighted by Gasteiger charge is -2.14. The normalized spacial score (nSPS) is 10.2. The van der Waals surface area contributed by atoms with Gasteiger partial charge in [-0.05, 0) is 30.3 Å². The fourth-order valence-corrected chi connectivity index (χ4v) is 2.60. The molecule has 144 valence electrons. The van der Waals surface area contributed by atoms with Crippen LogP contribution in [-0.2, 0) is 11.3 Å². The first kappa shape index (κ1) is 18.9. The van der Waals surface area contributed by atoms with E-state index in [1.165, 1.54) is 14.0 Å². The largest absolute Gasteiger partial charge is 0.495 e. The van der Waals surface area contributed by atoms with Gasteiger partial charge in [-0.3, -0.25) is 4.79 Å². The molecule has 9 nitrogen and oxygen atoms in total. The van der Waals surface area contributed by atoms with Gasteiger partial charge in [0.1, 0.15) is 5.75 Å². The number of amides is 3. The number of carbonyl (C=O) groups excluding carboxylic acids is 2. The van der Waals surface area contributed by atoms with Crippen LogP contribution in [0.3, 0.4) is 0 Å². The number of urea groups is 1. The fourth-order valence-electron chi connectivity index (χ4n) is 2.60. The number of pyridine rings is 1. The second-order valence-electron chi connectivity index (χ2n) is 5.84. The van der Waals surface area contributed by atoms with Gasteiger partial charge < -0.3 is 20.7 Å². The molecular weight excluding hydrogens is 360 g/mol. The minimum Gasteiger partial charge on any atom is -0.495 e. The van der Waals surface area contributed by atoms with Gasteiger partial charge in [0.05, 0.1) is 12.8 Å². The van der Waals surface area contributed by atoms with Crippen molar-refractivity contribution in [3.8, 4) is 11.6 Å². The van der Waals surface area contributed by atoms with E-state index in [1.54, 1.807) is 53.6 Å². The molecule has 2 aromatic heterocycles. The third-order valence-electron chi connectivity index (χ3n) is 3.80. The third kappa shape index (κ3) is 4.64. The van der Waals surface area contributed by atoms with Crippen LogP contribution in [0.2, 0.25) is 0 Å². The SMILES string of the molecule is COc1ccc(NC(C)=O)cc1NC(=O)NCc1cccnc1-n1cccn1. The van der Waals surface area contributed by atoms with Gasteiger partial charge >= 0.3 is 6.03 Å². The van der Waals surface area contributed by atoms with Crippen LogP contribution in [0.15, 0.2) is 55.0 Å². The van der Waals surface area contributed by atoms with Gasteiger partial charge in [0.25, 0.3) is 0 Å². The summed E-state index contributed by atoms with van der Waals surface area (Å²) in [6.45, 7) is 1.66. The predicted octanol–water partition coefficient (Wildman–Crippen LogP) is 2.56. The van der Waals surface area contributed by atoms with Crippen molar-refractivity contribution in [3.05, 3.63) is 60.6 Å². The number of rotatable bonds is 6. The maximum absolute atomic E-state index is 12.4. The molecule has 0 bridgehead atoms. The van der Waals surface area contributed by atoms with E-state index in [1.807, 2.05) is 6.07 Å². The average molecular weight is 380 g/mol. The molecule has 3 amide bonds. The van der Waals surface area contributed by atoms with Crippen molar-refractivity contribution in [1.82, 2.24) is 20.1 Å². The molecule has 0 radical (unpaired) electrons. The maximum Gasteiger partial charge on any atom is 0.319 e. The monoisotopic (exact) mass is 380 g/mol. The molecule has 9 heteroatoms. The van der Waals surface area contributed by atoms with Crippen molar-refractivity contribution in [2.24, 2.45) is 0 Å². The molecule has 0 aliphatic heterocycles. The Morgan fingerprint density at radius 2 is 2.00 bits per heavy atom. The number of hydrogen-bond acceptors (Lipinski definition) is 5. The zero-order valence-corrected chi connectivity index (χ0v) is 15.5. The Labute approximate surface area is 161 Å². The standard InChI is InChI=1S/C19H20N6O3/c1-13(26)23-15-6-7-17(28-2)16(11-15)24-19(27)21-12-14-5-3-8-20-18(14)25-10-4-9-22-25/h3-11H,12H2,1-2H3,(H,23,26)(H2,21,24,27). The number of ether oxygens (including phenoxy) is 1. The summed E-state index contributed by atoms with van der Waals surface area (Å²) < 4.78 is 6.89. The zero-order valence-electron chi connectivity index (χ0n) is 15.5. The number of carbonyl (C=O) groups is 2. The minimum absolute atomic E-state index is 0.205. The highest BCUT2D eigenvalue weighted by Gasteiger charge is 2.11. The summed E-state index contributed by atoms with van der Waals surface area (Å²) in [5, 5.41) is 12.4. The summed E-state index contributed by atoms with van der Waals surface area (Å²) in [6, 6.07) is 10.0.